The molecular weight excluding hydrogens is 260 g/mol. The Kier molecular flexibility index (Phi) is 4.43. The zero-order chi connectivity index (χ0) is 14.7. The van der Waals surface area contributed by atoms with Crippen molar-refractivity contribution in [3.8, 4) is 0 Å². The van der Waals surface area contributed by atoms with Gasteiger partial charge in [0.05, 0.1) is 6.54 Å². The minimum Gasteiger partial charge on any atom is -0.373 e. The lowest BCUT2D eigenvalue weighted by atomic mass is 9.68. The van der Waals surface area contributed by atoms with Gasteiger partial charge in [0.15, 0.2) is 0 Å². The van der Waals surface area contributed by atoms with Gasteiger partial charge in [0.2, 0.25) is 0 Å². The van der Waals surface area contributed by atoms with Gasteiger partial charge in [-0.2, -0.15) is 0 Å². The van der Waals surface area contributed by atoms with Gasteiger partial charge < -0.3 is 5.32 Å². The zero-order valence-electron chi connectivity index (χ0n) is 13.5. The molecule has 116 valence electrons. The third-order valence-corrected chi connectivity index (χ3v) is 5.35. The summed E-state index contributed by atoms with van der Waals surface area (Å²) in [5.74, 6) is 1.89. The summed E-state index contributed by atoms with van der Waals surface area (Å²) in [4.78, 5) is 11.7. The first-order valence-electron chi connectivity index (χ1n) is 8.44. The van der Waals surface area contributed by atoms with Gasteiger partial charge in [-0.05, 0) is 51.1 Å². The van der Waals surface area contributed by atoms with Crippen LogP contribution in [0.5, 0.6) is 0 Å². The second kappa shape index (κ2) is 6.30. The SMILES string of the molecule is CNc1cc(C)nc(CN2CCC3(CCCCC3)CC2)n1. The lowest BCUT2D eigenvalue weighted by Gasteiger charge is -2.44. The van der Waals surface area contributed by atoms with Crippen molar-refractivity contribution in [3.05, 3.63) is 17.6 Å². The lowest BCUT2D eigenvalue weighted by molar-refractivity contribution is 0.0629. The summed E-state index contributed by atoms with van der Waals surface area (Å²) >= 11 is 0. The molecule has 4 nitrogen and oxygen atoms in total. The molecule has 1 N–H and O–H groups in total. The third-order valence-electron chi connectivity index (χ3n) is 5.35. The number of aromatic nitrogens is 2. The van der Waals surface area contributed by atoms with E-state index in [1.165, 1.54) is 58.0 Å². The molecule has 4 heteroatoms. The highest BCUT2D eigenvalue weighted by molar-refractivity contribution is 5.34. The number of rotatable bonds is 3. The Balaban J connectivity index is 1.59. The van der Waals surface area contributed by atoms with Crippen LogP contribution < -0.4 is 5.32 Å². The Morgan fingerprint density at radius 1 is 1.10 bits per heavy atom. The van der Waals surface area contributed by atoms with Gasteiger partial charge in [0.25, 0.3) is 0 Å². The van der Waals surface area contributed by atoms with Crippen LogP contribution in [0.2, 0.25) is 0 Å². The average molecular weight is 288 g/mol. The molecule has 2 fully saturated rings. The third kappa shape index (κ3) is 3.54. The highest BCUT2D eigenvalue weighted by atomic mass is 15.2. The van der Waals surface area contributed by atoms with Crippen molar-refractivity contribution in [2.45, 2.75) is 58.4 Å². The molecule has 1 spiro atoms. The van der Waals surface area contributed by atoms with Gasteiger partial charge in [0.1, 0.15) is 11.6 Å². The Morgan fingerprint density at radius 3 is 2.48 bits per heavy atom. The first-order valence-corrected chi connectivity index (χ1v) is 8.44. The molecule has 0 atom stereocenters. The van der Waals surface area contributed by atoms with Crippen LogP contribution in [0.25, 0.3) is 0 Å². The summed E-state index contributed by atoms with van der Waals surface area (Å²) in [6.45, 7) is 5.37. The number of hydrogen-bond acceptors (Lipinski definition) is 4. The van der Waals surface area contributed by atoms with Crippen molar-refractivity contribution in [3.63, 3.8) is 0 Å². The van der Waals surface area contributed by atoms with Crippen LogP contribution >= 0.6 is 0 Å². The molecule has 1 saturated heterocycles. The Hall–Kier alpha value is -1.16. The van der Waals surface area contributed by atoms with Gasteiger partial charge in [-0.25, -0.2) is 9.97 Å². The summed E-state index contributed by atoms with van der Waals surface area (Å²) in [5, 5.41) is 3.12. The van der Waals surface area contributed by atoms with Crippen LogP contribution in [0.4, 0.5) is 5.82 Å². The molecule has 1 saturated carbocycles. The van der Waals surface area contributed by atoms with Gasteiger partial charge in [0, 0.05) is 18.8 Å². The van der Waals surface area contributed by atoms with Gasteiger partial charge in [-0.15, -0.1) is 0 Å². The van der Waals surface area contributed by atoms with Crippen LogP contribution in [0.15, 0.2) is 6.07 Å². The molecule has 1 aromatic heterocycles. The minimum atomic E-state index is 0.679. The van der Waals surface area contributed by atoms with Gasteiger partial charge in [-0.1, -0.05) is 19.3 Å². The zero-order valence-corrected chi connectivity index (χ0v) is 13.5. The fourth-order valence-corrected chi connectivity index (χ4v) is 4.02. The molecular formula is C17H28N4. The van der Waals surface area contributed by atoms with Crippen molar-refractivity contribution >= 4 is 5.82 Å². The molecule has 1 aliphatic carbocycles. The van der Waals surface area contributed by atoms with E-state index in [1.807, 2.05) is 20.0 Å². The molecule has 0 radical (unpaired) electrons. The van der Waals surface area contributed by atoms with Gasteiger partial charge >= 0.3 is 0 Å². The Bertz CT molecular complexity index is 470. The summed E-state index contributed by atoms with van der Waals surface area (Å²) in [7, 11) is 1.92. The van der Waals surface area contributed by atoms with Crippen LogP contribution in [-0.2, 0) is 6.54 Å². The smallest absolute Gasteiger partial charge is 0.144 e. The first kappa shape index (κ1) is 14.8. The topological polar surface area (TPSA) is 41.1 Å². The quantitative estimate of drug-likeness (QED) is 0.926. The second-order valence-electron chi connectivity index (χ2n) is 6.90. The summed E-state index contributed by atoms with van der Waals surface area (Å²) in [6, 6.07) is 2.00. The predicted octanol–water partition coefficient (Wildman–Crippen LogP) is 3.37. The number of anilines is 1. The first-order chi connectivity index (χ1) is 10.2. The molecule has 0 unspecified atom stereocenters. The number of piperidine rings is 1. The predicted molar refractivity (Wildman–Crippen MR) is 86.3 cm³/mol. The molecule has 21 heavy (non-hydrogen) atoms. The monoisotopic (exact) mass is 288 g/mol. The largest absolute Gasteiger partial charge is 0.373 e. The number of nitrogens with zero attached hydrogens (tertiary/aromatic N) is 3. The maximum absolute atomic E-state index is 4.59. The summed E-state index contributed by atoms with van der Waals surface area (Å²) in [5.41, 5.74) is 1.73. The van der Waals surface area contributed by atoms with E-state index in [0.29, 0.717) is 5.41 Å². The highest BCUT2D eigenvalue weighted by Gasteiger charge is 2.35. The number of nitrogens with one attached hydrogen (secondary N) is 1. The van der Waals surface area contributed by atoms with Crippen molar-refractivity contribution in [1.82, 2.24) is 14.9 Å². The van der Waals surface area contributed by atoms with E-state index in [4.69, 9.17) is 0 Å². The van der Waals surface area contributed by atoms with Crippen LogP contribution in [0, 0.1) is 12.3 Å². The molecule has 0 amide bonds. The lowest BCUT2D eigenvalue weighted by Crippen LogP contribution is -2.40. The van der Waals surface area contributed by atoms with E-state index in [1.54, 1.807) is 0 Å². The summed E-state index contributed by atoms with van der Waals surface area (Å²) < 4.78 is 0. The molecule has 1 aliphatic heterocycles. The highest BCUT2D eigenvalue weighted by Crippen LogP contribution is 2.44. The van der Waals surface area contributed by atoms with E-state index < -0.39 is 0 Å². The van der Waals surface area contributed by atoms with E-state index in [0.717, 1.165) is 23.9 Å². The molecule has 0 aromatic carbocycles. The van der Waals surface area contributed by atoms with E-state index in [-0.39, 0.29) is 0 Å². The molecule has 2 heterocycles. The standard InChI is InChI=1S/C17H28N4/c1-14-12-15(18-2)20-16(19-14)13-21-10-8-17(9-11-21)6-4-3-5-7-17/h12H,3-11,13H2,1-2H3,(H,18,19,20). The average Bonchev–Trinajstić information content (AvgIpc) is 2.50. The second-order valence-corrected chi connectivity index (χ2v) is 6.90. The van der Waals surface area contributed by atoms with Crippen LogP contribution in [-0.4, -0.2) is 35.0 Å². The maximum atomic E-state index is 4.59. The molecule has 2 aliphatic rings. The normalized spacial score (nSPS) is 22.4. The van der Waals surface area contributed by atoms with E-state index in [2.05, 4.69) is 20.2 Å². The van der Waals surface area contributed by atoms with Crippen LogP contribution in [0.1, 0.15) is 56.5 Å². The van der Waals surface area contributed by atoms with Crippen molar-refractivity contribution in [2.24, 2.45) is 5.41 Å². The van der Waals surface area contributed by atoms with E-state index >= 15 is 0 Å². The maximum Gasteiger partial charge on any atom is 0.144 e. The number of aryl methyl sites for hydroxylation is 1. The Morgan fingerprint density at radius 2 is 1.81 bits per heavy atom. The Labute approximate surface area is 128 Å². The number of hydrogen-bond donors (Lipinski definition) is 1. The van der Waals surface area contributed by atoms with Crippen molar-refractivity contribution in [1.29, 1.82) is 0 Å². The van der Waals surface area contributed by atoms with Gasteiger partial charge in [-0.3, -0.25) is 4.90 Å². The van der Waals surface area contributed by atoms with Crippen LogP contribution in [0.3, 0.4) is 0 Å². The molecule has 3 rings (SSSR count). The van der Waals surface area contributed by atoms with E-state index in [9.17, 15) is 0 Å². The van der Waals surface area contributed by atoms with Crippen molar-refractivity contribution < 1.29 is 0 Å². The van der Waals surface area contributed by atoms with Crippen molar-refractivity contribution in [2.75, 3.05) is 25.5 Å². The fourth-order valence-electron chi connectivity index (χ4n) is 4.02. The molecule has 0 bridgehead atoms. The minimum absolute atomic E-state index is 0.679. The summed E-state index contributed by atoms with van der Waals surface area (Å²) in [6.07, 6.45) is 10.0. The molecule has 1 aromatic rings. The number of likely N-dealkylation sites (tertiary alicyclic amines) is 1. The fraction of sp³-hybridized carbons (Fsp3) is 0.765.